The molecule has 1 saturated carbocycles. The van der Waals surface area contributed by atoms with Crippen LogP contribution in [0.5, 0.6) is 0 Å². The fourth-order valence-electron chi connectivity index (χ4n) is 4.49. The molecule has 152 valence electrons. The first kappa shape index (κ1) is 19.4. The zero-order chi connectivity index (χ0) is 21.2. The van der Waals surface area contributed by atoms with Crippen LogP contribution in [0.15, 0.2) is 102 Å². The SMILES string of the molecule is O=C(C1=C(c2ccccc2)CC/C1=C(/C(=O)C1CC1)c1ccccc1)c1ccccc1. The summed E-state index contributed by atoms with van der Waals surface area (Å²) in [4.78, 5) is 27.2. The zero-order valence-corrected chi connectivity index (χ0v) is 17.4. The highest BCUT2D eigenvalue weighted by Gasteiger charge is 2.37. The van der Waals surface area contributed by atoms with Crippen molar-refractivity contribution >= 4 is 22.7 Å². The third-order valence-corrected chi connectivity index (χ3v) is 6.17. The number of hydrogen-bond donors (Lipinski definition) is 0. The van der Waals surface area contributed by atoms with E-state index in [0.717, 1.165) is 47.1 Å². The molecule has 2 aliphatic carbocycles. The van der Waals surface area contributed by atoms with E-state index in [9.17, 15) is 9.59 Å². The van der Waals surface area contributed by atoms with Gasteiger partial charge in [0.05, 0.1) is 0 Å². The average Bonchev–Trinajstić information content (AvgIpc) is 3.60. The van der Waals surface area contributed by atoms with Gasteiger partial charge < -0.3 is 0 Å². The summed E-state index contributed by atoms with van der Waals surface area (Å²) < 4.78 is 0. The zero-order valence-electron chi connectivity index (χ0n) is 17.4. The van der Waals surface area contributed by atoms with Crippen molar-refractivity contribution in [2.75, 3.05) is 0 Å². The molecule has 0 aliphatic heterocycles. The summed E-state index contributed by atoms with van der Waals surface area (Å²) in [6, 6.07) is 29.4. The van der Waals surface area contributed by atoms with E-state index in [0.29, 0.717) is 17.6 Å². The maximum absolute atomic E-state index is 13.8. The minimum atomic E-state index is 0.00369. The van der Waals surface area contributed by atoms with Crippen molar-refractivity contribution in [1.29, 1.82) is 0 Å². The maximum Gasteiger partial charge on any atom is 0.193 e. The van der Waals surface area contributed by atoms with Gasteiger partial charge in [0.15, 0.2) is 11.6 Å². The van der Waals surface area contributed by atoms with Crippen LogP contribution in [0.3, 0.4) is 0 Å². The quantitative estimate of drug-likeness (QED) is 0.345. The Labute approximate surface area is 182 Å². The van der Waals surface area contributed by atoms with E-state index in [4.69, 9.17) is 0 Å². The molecule has 0 bridgehead atoms. The van der Waals surface area contributed by atoms with Crippen LogP contribution in [0, 0.1) is 5.92 Å². The minimum Gasteiger partial charge on any atom is -0.294 e. The van der Waals surface area contributed by atoms with Gasteiger partial charge in [-0.15, -0.1) is 0 Å². The molecule has 0 N–H and O–H groups in total. The molecule has 0 spiro atoms. The first-order chi connectivity index (χ1) is 15.2. The lowest BCUT2D eigenvalue weighted by Crippen LogP contribution is -2.12. The molecule has 31 heavy (non-hydrogen) atoms. The highest BCUT2D eigenvalue weighted by molar-refractivity contribution is 6.28. The number of rotatable bonds is 6. The van der Waals surface area contributed by atoms with E-state index in [1.165, 1.54) is 0 Å². The lowest BCUT2D eigenvalue weighted by atomic mass is 9.87. The second-order valence-electron chi connectivity index (χ2n) is 8.27. The molecule has 3 aromatic rings. The number of carbonyl (C=O) groups excluding carboxylic acids is 2. The molecule has 2 heteroatoms. The molecule has 0 radical (unpaired) electrons. The monoisotopic (exact) mass is 404 g/mol. The normalized spacial score (nSPS) is 17.5. The second kappa shape index (κ2) is 8.31. The van der Waals surface area contributed by atoms with Gasteiger partial charge in [0.25, 0.3) is 0 Å². The molecular weight excluding hydrogens is 380 g/mol. The summed E-state index contributed by atoms with van der Waals surface area (Å²) in [6.07, 6.45) is 3.36. The van der Waals surface area contributed by atoms with Crippen LogP contribution < -0.4 is 0 Å². The molecule has 2 nitrogen and oxygen atoms in total. The second-order valence-corrected chi connectivity index (χ2v) is 8.27. The number of benzene rings is 3. The van der Waals surface area contributed by atoms with Crippen molar-refractivity contribution in [2.24, 2.45) is 5.92 Å². The summed E-state index contributed by atoms with van der Waals surface area (Å²) in [5, 5.41) is 0. The van der Waals surface area contributed by atoms with Gasteiger partial charge in [-0.2, -0.15) is 0 Å². The van der Waals surface area contributed by atoms with Crippen LogP contribution in [-0.2, 0) is 4.79 Å². The van der Waals surface area contributed by atoms with Gasteiger partial charge in [-0.3, -0.25) is 9.59 Å². The highest BCUT2D eigenvalue weighted by Crippen LogP contribution is 2.45. The number of Topliss-reactive ketones (excluding diaryl/α,β-unsaturated/α-hetero) is 2. The first-order valence-electron chi connectivity index (χ1n) is 11.0. The van der Waals surface area contributed by atoms with Gasteiger partial charge in [0, 0.05) is 22.6 Å². The van der Waals surface area contributed by atoms with Gasteiger partial charge in [0.2, 0.25) is 0 Å². The third kappa shape index (κ3) is 3.82. The molecule has 0 unspecified atom stereocenters. The Morgan fingerprint density at radius 3 is 1.77 bits per heavy atom. The summed E-state index contributed by atoms with van der Waals surface area (Å²) in [6.45, 7) is 0. The molecule has 0 saturated heterocycles. The Hall–Kier alpha value is -3.52. The van der Waals surface area contributed by atoms with E-state index in [1.807, 2.05) is 78.9 Å². The number of carbonyl (C=O) groups is 2. The molecule has 0 aromatic heterocycles. The molecule has 5 rings (SSSR count). The predicted molar refractivity (Wildman–Crippen MR) is 124 cm³/mol. The Kier molecular flexibility index (Phi) is 5.21. The summed E-state index contributed by atoms with van der Waals surface area (Å²) in [5.74, 6) is 0.286. The van der Waals surface area contributed by atoms with Crippen molar-refractivity contribution in [3.05, 3.63) is 119 Å². The number of hydrogen-bond acceptors (Lipinski definition) is 2. The van der Waals surface area contributed by atoms with Crippen molar-refractivity contribution < 1.29 is 9.59 Å². The van der Waals surface area contributed by atoms with Crippen LogP contribution in [0.25, 0.3) is 11.1 Å². The average molecular weight is 405 g/mol. The van der Waals surface area contributed by atoms with E-state index < -0.39 is 0 Å². The smallest absolute Gasteiger partial charge is 0.193 e. The standard InChI is InChI=1S/C29H24O2/c30-28(23-16-17-23)26(21-12-6-2-7-13-21)25-19-18-24(20-10-4-1-5-11-20)27(25)29(31)22-14-8-3-9-15-22/h1-15,23H,16-19H2/b26-25-. The molecule has 0 heterocycles. The fourth-order valence-corrected chi connectivity index (χ4v) is 4.49. The fraction of sp³-hybridized carbons (Fsp3) is 0.172. The summed E-state index contributed by atoms with van der Waals surface area (Å²) >= 11 is 0. The van der Waals surface area contributed by atoms with Crippen molar-refractivity contribution in [2.45, 2.75) is 25.7 Å². The Morgan fingerprint density at radius 2 is 1.19 bits per heavy atom. The number of ketones is 2. The molecule has 0 amide bonds. The molecule has 3 aromatic carbocycles. The highest BCUT2D eigenvalue weighted by atomic mass is 16.1. The van der Waals surface area contributed by atoms with Crippen LogP contribution in [0.1, 0.15) is 47.2 Å². The van der Waals surface area contributed by atoms with Gasteiger partial charge in [-0.1, -0.05) is 91.0 Å². The Morgan fingerprint density at radius 1 is 0.645 bits per heavy atom. The van der Waals surface area contributed by atoms with E-state index in [-0.39, 0.29) is 17.5 Å². The first-order valence-corrected chi connectivity index (χ1v) is 11.0. The van der Waals surface area contributed by atoms with Crippen LogP contribution in [-0.4, -0.2) is 11.6 Å². The van der Waals surface area contributed by atoms with Gasteiger partial charge >= 0.3 is 0 Å². The predicted octanol–water partition coefficient (Wildman–Crippen LogP) is 6.55. The van der Waals surface area contributed by atoms with Gasteiger partial charge in [-0.25, -0.2) is 0 Å². The van der Waals surface area contributed by atoms with Crippen LogP contribution in [0.2, 0.25) is 0 Å². The van der Waals surface area contributed by atoms with Crippen LogP contribution >= 0.6 is 0 Å². The minimum absolute atomic E-state index is 0.00369. The Balaban J connectivity index is 1.75. The lowest BCUT2D eigenvalue weighted by molar-refractivity contribution is -0.114. The van der Waals surface area contributed by atoms with Crippen molar-refractivity contribution in [1.82, 2.24) is 0 Å². The van der Waals surface area contributed by atoms with Crippen molar-refractivity contribution in [3.63, 3.8) is 0 Å². The molecule has 1 fully saturated rings. The third-order valence-electron chi connectivity index (χ3n) is 6.17. The molecular formula is C29H24O2. The molecule has 2 aliphatic rings. The number of allylic oxidation sites excluding steroid dienone is 4. The van der Waals surface area contributed by atoms with Gasteiger partial charge in [0.1, 0.15) is 0 Å². The van der Waals surface area contributed by atoms with Crippen molar-refractivity contribution in [3.8, 4) is 0 Å². The largest absolute Gasteiger partial charge is 0.294 e. The maximum atomic E-state index is 13.8. The molecule has 0 atom stereocenters. The Bertz CT molecular complexity index is 1180. The summed E-state index contributed by atoms with van der Waals surface area (Å²) in [5.41, 5.74) is 6.05. The summed E-state index contributed by atoms with van der Waals surface area (Å²) in [7, 11) is 0. The topological polar surface area (TPSA) is 34.1 Å². The van der Waals surface area contributed by atoms with Crippen LogP contribution in [0.4, 0.5) is 0 Å². The van der Waals surface area contributed by atoms with Gasteiger partial charge in [-0.05, 0) is 48.0 Å². The van der Waals surface area contributed by atoms with E-state index in [2.05, 4.69) is 12.1 Å². The van der Waals surface area contributed by atoms with E-state index >= 15 is 0 Å². The van der Waals surface area contributed by atoms with E-state index in [1.54, 1.807) is 0 Å². The lowest BCUT2D eigenvalue weighted by Gasteiger charge is -2.15.